The molecule has 8 heteroatoms. The van der Waals surface area contributed by atoms with Gasteiger partial charge in [0.05, 0.1) is 18.6 Å². The van der Waals surface area contributed by atoms with Crippen molar-refractivity contribution < 1.29 is 23.9 Å². The Kier molecular flexibility index (Phi) is 10.6. The molecule has 0 radical (unpaired) electrons. The second-order valence-corrected chi connectivity index (χ2v) is 9.86. The number of likely N-dealkylation sites (tertiary alicyclic amines) is 1. The molecule has 34 heavy (non-hydrogen) atoms. The van der Waals surface area contributed by atoms with E-state index in [-0.39, 0.29) is 30.2 Å². The van der Waals surface area contributed by atoms with E-state index in [0.29, 0.717) is 30.3 Å². The summed E-state index contributed by atoms with van der Waals surface area (Å²) in [7, 11) is 0. The molecule has 1 aromatic heterocycles. The maximum absolute atomic E-state index is 12.9. The number of carbonyl (C=O) groups is 3. The molecule has 1 fully saturated rings. The van der Waals surface area contributed by atoms with Gasteiger partial charge < -0.3 is 24.7 Å². The summed E-state index contributed by atoms with van der Waals surface area (Å²) in [6, 6.07) is 0.596. The van der Waals surface area contributed by atoms with Gasteiger partial charge in [0.2, 0.25) is 5.91 Å². The summed E-state index contributed by atoms with van der Waals surface area (Å²) >= 11 is 0. The van der Waals surface area contributed by atoms with Gasteiger partial charge in [0.1, 0.15) is 11.3 Å². The average molecular weight is 478 g/mol. The van der Waals surface area contributed by atoms with Crippen LogP contribution in [-0.2, 0) is 20.7 Å². The summed E-state index contributed by atoms with van der Waals surface area (Å²) in [5.74, 6) is -1.29. The Balaban J connectivity index is 2.05. The van der Waals surface area contributed by atoms with Crippen LogP contribution in [0.4, 0.5) is 0 Å². The fourth-order valence-corrected chi connectivity index (χ4v) is 4.65. The molecule has 0 bridgehead atoms. The van der Waals surface area contributed by atoms with Crippen molar-refractivity contribution in [2.24, 2.45) is 0 Å². The Morgan fingerprint density at radius 2 is 1.91 bits per heavy atom. The van der Waals surface area contributed by atoms with Crippen LogP contribution in [0.15, 0.2) is 0 Å². The summed E-state index contributed by atoms with van der Waals surface area (Å²) in [6.45, 7) is 14.2. The van der Waals surface area contributed by atoms with Crippen LogP contribution in [0.5, 0.6) is 0 Å². The molecule has 1 aromatic rings. The minimum Gasteiger partial charge on any atom is -0.462 e. The van der Waals surface area contributed by atoms with Crippen molar-refractivity contribution in [1.29, 1.82) is 0 Å². The average Bonchev–Trinajstić information content (AvgIpc) is 3.08. The fourth-order valence-electron chi connectivity index (χ4n) is 4.65. The lowest BCUT2D eigenvalue weighted by Gasteiger charge is -2.33. The van der Waals surface area contributed by atoms with Crippen molar-refractivity contribution in [2.75, 3.05) is 26.2 Å². The molecule has 1 saturated heterocycles. The number of rotatable bonds is 12. The number of H-pyrrole nitrogens is 1. The zero-order valence-corrected chi connectivity index (χ0v) is 21.8. The van der Waals surface area contributed by atoms with Crippen molar-refractivity contribution in [3.05, 3.63) is 22.5 Å². The lowest BCUT2D eigenvalue weighted by molar-refractivity contribution is -0.120. The molecule has 2 heterocycles. The number of amides is 1. The van der Waals surface area contributed by atoms with Crippen molar-refractivity contribution >= 4 is 17.8 Å². The standard InChI is InChI=1S/C26H43N3O5/c1-7-13-26(5,6)34-25(32)23-19(4)22(24(31)33-8-2)20(28-23)17-21(30)27-14-11-16-29-15-10-9-12-18(29)3/h18,28H,7-17H2,1-6H3,(H,27,30)/t18-/m1/s1. The van der Waals surface area contributed by atoms with E-state index in [0.717, 1.165) is 25.9 Å². The van der Waals surface area contributed by atoms with Gasteiger partial charge in [-0.1, -0.05) is 19.8 Å². The fraction of sp³-hybridized carbons (Fsp3) is 0.731. The Labute approximate surface area is 204 Å². The number of ether oxygens (including phenoxy) is 2. The molecule has 1 aliphatic heterocycles. The quantitative estimate of drug-likeness (QED) is 0.346. The van der Waals surface area contributed by atoms with Crippen LogP contribution in [0.1, 0.15) is 105 Å². The van der Waals surface area contributed by atoms with Crippen LogP contribution in [0.3, 0.4) is 0 Å². The second kappa shape index (κ2) is 12.9. The van der Waals surface area contributed by atoms with Gasteiger partial charge in [-0.3, -0.25) is 4.79 Å². The smallest absolute Gasteiger partial charge is 0.355 e. The lowest BCUT2D eigenvalue weighted by atomic mass is 10.0. The van der Waals surface area contributed by atoms with Gasteiger partial charge in [-0.2, -0.15) is 0 Å². The van der Waals surface area contributed by atoms with Crippen LogP contribution < -0.4 is 5.32 Å². The largest absolute Gasteiger partial charge is 0.462 e. The van der Waals surface area contributed by atoms with Gasteiger partial charge in [0.15, 0.2) is 0 Å². The highest BCUT2D eigenvalue weighted by Gasteiger charge is 2.30. The molecular formula is C26H43N3O5. The third kappa shape index (κ3) is 7.86. The van der Waals surface area contributed by atoms with Crippen LogP contribution in [0.2, 0.25) is 0 Å². The maximum Gasteiger partial charge on any atom is 0.355 e. The van der Waals surface area contributed by atoms with Gasteiger partial charge in [-0.25, -0.2) is 9.59 Å². The van der Waals surface area contributed by atoms with Gasteiger partial charge in [-0.05, 0) is 72.4 Å². The number of carbonyl (C=O) groups excluding carboxylic acids is 3. The molecular weight excluding hydrogens is 434 g/mol. The first kappa shape index (κ1) is 27.9. The summed E-state index contributed by atoms with van der Waals surface area (Å²) < 4.78 is 10.9. The van der Waals surface area contributed by atoms with Crippen LogP contribution in [-0.4, -0.2) is 65.6 Å². The van der Waals surface area contributed by atoms with Crippen LogP contribution in [0, 0.1) is 6.92 Å². The third-order valence-electron chi connectivity index (χ3n) is 6.45. The van der Waals surface area contributed by atoms with E-state index in [9.17, 15) is 14.4 Å². The van der Waals surface area contributed by atoms with E-state index in [1.165, 1.54) is 19.3 Å². The van der Waals surface area contributed by atoms with E-state index in [4.69, 9.17) is 9.47 Å². The molecule has 8 nitrogen and oxygen atoms in total. The molecule has 0 saturated carbocycles. The van der Waals surface area contributed by atoms with Crippen molar-refractivity contribution in [3.63, 3.8) is 0 Å². The predicted octanol–water partition coefficient (Wildman–Crippen LogP) is 4.16. The van der Waals surface area contributed by atoms with E-state index >= 15 is 0 Å². The Hall–Kier alpha value is -2.35. The van der Waals surface area contributed by atoms with E-state index in [1.54, 1.807) is 13.8 Å². The molecule has 2 N–H and O–H groups in total. The lowest BCUT2D eigenvalue weighted by Crippen LogP contribution is -2.39. The highest BCUT2D eigenvalue weighted by atomic mass is 16.6. The van der Waals surface area contributed by atoms with Crippen molar-refractivity contribution in [2.45, 2.75) is 98.1 Å². The predicted molar refractivity (Wildman–Crippen MR) is 132 cm³/mol. The van der Waals surface area contributed by atoms with Gasteiger partial charge >= 0.3 is 11.9 Å². The van der Waals surface area contributed by atoms with Gasteiger partial charge in [0, 0.05) is 24.8 Å². The first-order valence-corrected chi connectivity index (χ1v) is 12.7. The summed E-state index contributed by atoms with van der Waals surface area (Å²) in [5, 5.41) is 2.94. The van der Waals surface area contributed by atoms with Gasteiger partial charge in [0.25, 0.3) is 0 Å². The maximum atomic E-state index is 12.9. The molecule has 0 spiro atoms. The number of hydrogen-bond acceptors (Lipinski definition) is 6. The SMILES string of the molecule is CCCC(C)(C)OC(=O)c1[nH]c(CC(=O)NCCCN2CCCC[C@H]2C)c(C(=O)OCC)c1C. The van der Waals surface area contributed by atoms with E-state index in [1.807, 2.05) is 20.8 Å². The topological polar surface area (TPSA) is 101 Å². The molecule has 1 amide bonds. The summed E-state index contributed by atoms with van der Waals surface area (Å²) in [6.07, 6.45) is 6.18. The number of esters is 2. The van der Waals surface area contributed by atoms with Crippen molar-refractivity contribution in [3.8, 4) is 0 Å². The van der Waals surface area contributed by atoms with Crippen LogP contribution >= 0.6 is 0 Å². The number of nitrogens with zero attached hydrogens (tertiary/aromatic N) is 1. The number of aromatic amines is 1. The first-order chi connectivity index (χ1) is 16.1. The minimum absolute atomic E-state index is 0.0409. The number of aromatic nitrogens is 1. The van der Waals surface area contributed by atoms with Gasteiger partial charge in [-0.15, -0.1) is 0 Å². The van der Waals surface area contributed by atoms with E-state index in [2.05, 4.69) is 22.1 Å². The number of hydrogen-bond donors (Lipinski definition) is 2. The Morgan fingerprint density at radius 3 is 2.56 bits per heavy atom. The molecule has 1 aliphatic rings. The first-order valence-electron chi connectivity index (χ1n) is 12.7. The normalized spacial score (nSPS) is 16.8. The molecule has 0 aromatic carbocycles. The zero-order chi connectivity index (χ0) is 25.3. The molecule has 0 aliphatic carbocycles. The van der Waals surface area contributed by atoms with Crippen LogP contribution in [0.25, 0.3) is 0 Å². The highest BCUT2D eigenvalue weighted by Crippen LogP contribution is 2.24. The van der Waals surface area contributed by atoms with E-state index < -0.39 is 17.5 Å². The Morgan fingerprint density at radius 1 is 1.18 bits per heavy atom. The summed E-state index contributed by atoms with van der Waals surface area (Å²) in [5.41, 5.74) is 0.612. The highest BCUT2D eigenvalue weighted by molar-refractivity contribution is 5.99. The number of piperidine rings is 1. The molecule has 0 unspecified atom stereocenters. The Bertz CT molecular complexity index is 846. The summed E-state index contributed by atoms with van der Waals surface area (Å²) in [4.78, 5) is 43.6. The molecule has 2 rings (SSSR count). The third-order valence-corrected chi connectivity index (χ3v) is 6.45. The second-order valence-electron chi connectivity index (χ2n) is 9.86. The zero-order valence-electron chi connectivity index (χ0n) is 21.8. The monoisotopic (exact) mass is 477 g/mol. The molecule has 192 valence electrons. The molecule has 1 atom stereocenters. The van der Waals surface area contributed by atoms with Crippen molar-refractivity contribution in [1.82, 2.24) is 15.2 Å². The number of nitrogens with one attached hydrogen (secondary N) is 2. The minimum atomic E-state index is -0.628.